The molecule has 1 unspecified atom stereocenters. The van der Waals surface area contributed by atoms with Crippen LogP contribution in [0.4, 0.5) is 0 Å². The molecule has 5 heteroatoms. The van der Waals surface area contributed by atoms with Crippen molar-refractivity contribution in [1.29, 1.82) is 0 Å². The van der Waals surface area contributed by atoms with Crippen LogP contribution in [0.3, 0.4) is 0 Å². The van der Waals surface area contributed by atoms with Crippen LogP contribution >= 0.6 is 11.8 Å². The Morgan fingerprint density at radius 1 is 1.71 bits per heavy atom. The van der Waals surface area contributed by atoms with Gasteiger partial charge in [0, 0.05) is 5.75 Å². The average Bonchev–Trinajstić information content (AvgIpc) is 2.15. The number of carboxylic acid groups (broad SMARTS) is 1. The van der Waals surface area contributed by atoms with Gasteiger partial charge >= 0.3 is 5.97 Å². The van der Waals surface area contributed by atoms with E-state index >= 15 is 0 Å². The zero-order valence-electron chi connectivity index (χ0n) is 7.77. The minimum absolute atomic E-state index is 0.0362. The zero-order chi connectivity index (χ0) is 10.5. The third-order valence-corrected chi connectivity index (χ3v) is 4.20. The summed E-state index contributed by atoms with van der Waals surface area (Å²) in [4.78, 5) is 23.8. The van der Waals surface area contributed by atoms with Gasteiger partial charge in [0.05, 0.1) is 11.3 Å². The van der Waals surface area contributed by atoms with Gasteiger partial charge in [-0.05, 0) is 5.57 Å². The third-order valence-electron chi connectivity index (χ3n) is 2.68. The number of β-lactam (4-membered cyclic amide) rings is 1. The number of hydrogen-bond donors (Lipinski definition) is 1. The monoisotopic (exact) mass is 213 g/mol. The van der Waals surface area contributed by atoms with Crippen LogP contribution in [0.25, 0.3) is 0 Å². The largest absolute Gasteiger partial charge is 0.479 e. The Balaban J connectivity index is 2.26. The summed E-state index contributed by atoms with van der Waals surface area (Å²) >= 11 is 1.60. The first-order chi connectivity index (χ1) is 6.54. The fraction of sp³-hybridized carbons (Fsp3) is 0.556. The topological polar surface area (TPSA) is 57.6 Å². The molecule has 0 radical (unpaired) electrons. The van der Waals surface area contributed by atoms with Crippen molar-refractivity contribution in [2.75, 3.05) is 5.75 Å². The third kappa shape index (κ3) is 1.08. The van der Waals surface area contributed by atoms with Gasteiger partial charge in [0.2, 0.25) is 5.91 Å². The van der Waals surface area contributed by atoms with Crippen LogP contribution in [0.1, 0.15) is 6.92 Å². The minimum atomic E-state index is -0.972. The van der Waals surface area contributed by atoms with Gasteiger partial charge in [-0.15, -0.1) is 11.8 Å². The summed E-state index contributed by atoms with van der Waals surface area (Å²) in [5.41, 5.74) is 0.610. The SMILES string of the molecule is C=C1CS[C@@H]2[C@H](C)C(=O)N2C1C(=O)O. The Morgan fingerprint density at radius 3 is 2.93 bits per heavy atom. The highest BCUT2D eigenvalue weighted by Crippen LogP contribution is 2.42. The fourth-order valence-electron chi connectivity index (χ4n) is 1.90. The standard InChI is InChI=1S/C9H11NO3S/c1-4-3-14-8-5(2)7(11)10(8)6(4)9(12)13/h5-6,8H,1,3H2,2H3,(H,12,13)/t5-,6?,8-/m1/s1. The molecule has 0 spiro atoms. The molecule has 4 nitrogen and oxygen atoms in total. The van der Waals surface area contributed by atoms with Crippen LogP contribution in [0.15, 0.2) is 12.2 Å². The molecule has 14 heavy (non-hydrogen) atoms. The van der Waals surface area contributed by atoms with Crippen molar-refractivity contribution >= 4 is 23.6 Å². The van der Waals surface area contributed by atoms with Crippen LogP contribution in [0.5, 0.6) is 0 Å². The number of amides is 1. The van der Waals surface area contributed by atoms with E-state index in [2.05, 4.69) is 6.58 Å². The highest BCUT2D eigenvalue weighted by atomic mass is 32.2. The van der Waals surface area contributed by atoms with E-state index in [1.165, 1.54) is 4.90 Å². The van der Waals surface area contributed by atoms with Gasteiger partial charge in [-0.25, -0.2) is 4.79 Å². The van der Waals surface area contributed by atoms with E-state index in [1.807, 2.05) is 6.92 Å². The molecule has 1 N–H and O–H groups in total. The fourth-order valence-corrected chi connectivity index (χ4v) is 3.24. The number of rotatable bonds is 1. The van der Waals surface area contributed by atoms with E-state index in [0.717, 1.165) is 0 Å². The molecule has 2 heterocycles. The zero-order valence-corrected chi connectivity index (χ0v) is 8.58. The van der Waals surface area contributed by atoms with E-state index in [0.29, 0.717) is 11.3 Å². The van der Waals surface area contributed by atoms with E-state index in [4.69, 9.17) is 5.11 Å². The van der Waals surface area contributed by atoms with Crippen LogP contribution < -0.4 is 0 Å². The Morgan fingerprint density at radius 2 is 2.36 bits per heavy atom. The first kappa shape index (κ1) is 9.58. The lowest BCUT2D eigenvalue weighted by Crippen LogP contribution is -2.66. The molecule has 0 saturated carbocycles. The summed E-state index contributed by atoms with van der Waals surface area (Å²) < 4.78 is 0. The van der Waals surface area contributed by atoms with E-state index < -0.39 is 12.0 Å². The molecular formula is C9H11NO3S. The van der Waals surface area contributed by atoms with Crippen molar-refractivity contribution in [3.05, 3.63) is 12.2 Å². The van der Waals surface area contributed by atoms with E-state index in [9.17, 15) is 9.59 Å². The Bertz CT molecular complexity index is 328. The number of aliphatic carboxylic acids is 1. The average molecular weight is 213 g/mol. The molecular weight excluding hydrogens is 202 g/mol. The molecule has 0 aromatic heterocycles. The van der Waals surface area contributed by atoms with Gasteiger partial charge in [0.1, 0.15) is 0 Å². The van der Waals surface area contributed by atoms with Crippen LogP contribution in [0.2, 0.25) is 0 Å². The number of fused-ring (bicyclic) bond motifs is 1. The summed E-state index contributed by atoms with van der Waals surface area (Å²) in [6, 6.07) is -0.801. The molecule has 0 aromatic rings. The number of thioether (sulfide) groups is 1. The number of hydrogen-bond acceptors (Lipinski definition) is 3. The normalized spacial score (nSPS) is 36.4. The second-order valence-electron chi connectivity index (χ2n) is 3.63. The Kier molecular flexibility index (Phi) is 2.06. The van der Waals surface area contributed by atoms with Crippen molar-refractivity contribution in [3.63, 3.8) is 0 Å². The second-order valence-corrected chi connectivity index (χ2v) is 4.74. The number of carboxylic acids is 1. The van der Waals surface area contributed by atoms with Crippen molar-refractivity contribution < 1.29 is 14.7 Å². The number of carbonyl (C=O) groups excluding carboxylic acids is 1. The summed E-state index contributed by atoms with van der Waals surface area (Å²) in [6.07, 6.45) is 0. The molecule has 0 aromatic carbocycles. The highest BCUT2D eigenvalue weighted by molar-refractivity contribution is 8.00. The molecule has 2 fully saturated rings. The highest BCUT2D eigenvalue weighted by Gasteiger charge is 2.53. The molecule has 76 valence electrons. The quantitative estimate of drug-likeness (QED) is 0.510. The first-order valence-corrected chi connectivity index (χ1v) is 5.43. The molecule has 3 atom stereocenters. The van der Waals surface area contributed by atoms with Crippen molar-refractivity contribution in [1.82, 2.24) is 4.90 Å². The molecule has 1 amide bonds. The predicted octanol–water partition coefficient (Wildman–Crippen LogP) is 0.547. The van der Waals surface area contributed by atoms with Crippen LogP contribution in [0, 0.1) is 5.92 Å². The Hall–Kier alpha value is -0.970. The molecule has 2 saturated heterocycles. The molecule has 2 aliphatic heterocycles. The van der Waals surface area contributed by atoms with Gasteiger partial charge in [-0.2, -0.15) is 0 Å². The van der Waals surface area contributed by atoms with Gasteiger partial charge in [-0.3, -0.25) is 4.79 Å². The van der Waals surface area contributed by atoms with Gasteiger partial charge in [0.15, 0.2) is 6.04 Å². The minimum Gasteiger partial charge on any atom is -0.479 e. The smallest absolute Gasteiger partial charge is 0.330 e. The maximum Gasteiger partial charge on any atom is 0.330 e. The van der Waals surface area contributed by atoms with Crippen molar-refractivity contribution in [2.45, 2.75) is 18.3 Å². The second kappa shape index (κ2) is 3.02. The summed E-state index contributed by atoms with van der Waals surface area (Å²) in [7, 11) is 0. The lowest BCUT2D eigenvalue weighted by atomic mass is 9.94. The molecule has 2 rings (SSSR count). The van der Waals surface area contributed by atoms with Crippen LogP contribution in [-0.4, -0.2) is 39.1 Å². The maximum atomic E-state index is 11.5. The summed E-state index contributed by atoms with van der Waals surface area (Å²) in [5, 5.41) is 9.01. The first-order valence-electron chi connectivity index (χ1n) is 4.38. The summed E-state index contributed by atoms with van der Waals surface area (Å²) in [6.45, 7) is 5.54. The van der Waals surface area contributed by atoms with Crippen LogP contribution in [-0.2, 0) is 9.59 Å². The molecule has 0 aliphatic carbocycles. The van der Waals surface area contributed by atoms with Crippen molar-refractivity contribution in [3.8, 4) is 0 Å². The lowest BCUT2D eigenvalue weighted by molar-refractivity contribution is -0.161. The van der Waals surface area contributed by atoms with E-state index in [-0.39, 0.29) is 17.2 Å². The number of carbonyl (C=O) groups is 2. The lowest BCUT2D eigenvalue weighted by Gasteiger charge is -2.51. The predicted molar refractivity (Wildman–Crippen MR) is 52.8 cm³/mol. The molecule has 0 bridgehead atoms. The van der Waals surface area contributed by atoms with Gasteiger partial charge in [-0.1, -0.05) is 13.5 Å². The Labute approximate surface area is 86.0 Å². The summed E-state index contributed by atoms with van der Waals surface area (Å²) in [5.74, 6) is -0.457. The van der Waals surface area contributed by atoms with E-state index in [1.54, 1.807) is 11.8 Å². The molecule has 2 aliphatic rings. The van der Waals surface area contributed by atoms with Gasteiger partial charge in [0.25, 0.3) is 0 Å². The van der Waals surface area contributed by atoms with Crippen molar-refractivity contribution in [2.24, 2.45) is 5.92 Å². The van der Waals surface area contributed by atoms with Gasteiger partial charge < -0.3 is 10.0 Å². The maximum absolute atomic E-state index is 11.5. The number of nitrogens with zero attached hydrogens (tertiary/aromatic N) is 1.